The molecule has 0 amide bonds. The van der Waals surface area contributed by atoms with Crippen LogP contribution in [0.4, 0.5) is 0 Å². The lowest BCUT2D eigenvalue weighted by atomic mass is 9.91. The third-order valence-corrected chi connectivity index (χ3v) is 2.65. The summed E-state index contributed by atoms with van der Waals surface area (Å²) in [4.78, 5) is 10.9. The van der Waals surface area contributed by atoms with Crippen LogP contribution in [0.2, 0.25) is 0 Å². The summed E-state index contributed by atoms with van der Waals surface area (Å²) in [6, 6.07) is 7.31. The van der Waals surface area contributed by atoms with Crippen molar-refractivity contribution in [3.8, 4) is 0 Å². The molecule has 0 saturated heterocycles. The summed E-state index contributed by atoms with van der Waals surface area (Å²) in [7, 11) is 0. The fraction of sp³-hybridized carbons (Fsp3) is 0.417. The molecule has 15 heavy (non-hydrogen) atoms. The van der Waals surface area contributed by atoms with E-state index in [1.165, 1.54) is 0 Å². The molecular weight excluding hydrogens is 192 g/mol. The van der Waals surface area contributed by atoms with E-state index in [9.17, 15) is 9.90 Å². The molecule has 0 aliphatic carbocycles. The second kappa shape index (κ2) is 4.94. The number of carboxylic acids is 1. The summed E-state index contributed by atoms with van der Waals surface area (Å²) in [5.41, 5.74) is 1.62. The van der Waals surface area contributed by atoms with Gasteiger partial charge >= 0.3 is 5.97 Å². The molecule has 2 atom stereocenters. The Balaban J connectivity index is 2.97. The molecule has 3 nitrogen and oxygen atoms in total. The average molecular weight is 208 g/mol. The lowest BCUT2D eigenvalue weighted by molar-refractivity contribution is -0.146. The Labute approximate surface area is 89.4 Å². The summed E-state index contributed by atoms with van der Waals surface area (Å²) < 4.78 is 0. The summed E-state index contributed by atoms with van der Waals surface area (Å²) >= 11 is 0. The topological polar surface area (TPSA) is 57.5 Å². The van der Waals surface area contributed by atoms with E-state index in [0.717, 1.165) is 5.56 Å². The van der Waals surface area contributed by atoms with Gasteiger partial charge in [-0.15, -0.1) is 0 Å². The molecule has 82 valence electrons. The zero-order valence-corrected chi connectivity index (χ0v) is 8.97. The van der Waals surface area contributed by atoms with E-state index in [0.29, 0.717) is 12.0 Å². The Bertz CT molecular complexity index is 346. The van der Waals surface area contributed by atoms with Crippen molar-refractivity contribution in [2.75, 3.05) is 0 Å². The van der Waals surface area contributed by atoms with Gasteiger partial charge in [0.15, 0.2) is 0 Å². The first-order valence-electron chi connectivity index (χ1n) is 5.04. The summed E-state index contributed by atoms with van der Waals surface area (Å²) in [5, 5.41) is 18.9. The molecule has 0 saturated carbocycles. The van der Waals surface area contributed by atoms with Crippen LogP contribution in [0.3, 0.4) is 0 Å². The molecule has 0 bridgehead atoms. The number of rotatable bonds is 4. The maximum atomic E-state index is 10.9. The minimum Gasteiger partial charge on any atom is -0.481 e. The number of aliphatic hydroxyl groups is 1. The Morgan fingerprint density at radius 1 is 1.40 bits per heavy atom. The molecule has 1 aromatic carbocycles. The number of hydrogen-bond donors (Lipinski definition) is 2. The molecule has 3 heteroatoms. The van der Waals surface area contributed by atoms with E-state index < -0.39 is 18.0 Å². The largest absolute Gasteiger partial charge is 0.481 e. The van der Waals surface area contributed by atoms with Gasteiger partial charge in [0.05, 0.1) is 12.0 Å². The van der Waals surface area contributed by atoms with E-state index in [1.54, 1.807) is 19.1 Å². The van der Waals surface area contributed by atoms with Gasteiger partial charge in [-0.1, -0.05) is 31.2 Å². The predicted molar refractivity (Wildman–Crippen MR) is 57.6 cm³/mol. The lowest BCUT2D eigenvalue weighted by Crippen LogP contribution is -2.21. The van der Waals surface area contributed by atoms with Gasteiger partial charge in [0.1, 0.15) is 0 Å². The van der Waals surface area contributed by atoms with Crippen molar-refractivity contribution in [3.63, 3.8) is 0 Å². The van der Waals surface area contributed by atoms with E-state index in [1.807, 2.05) is 19.1 Å². The number of aliphatic hydroxyl groups excluding tert-OH is 1. The molecule has 2 N–H and O–H groups in total. The molecule has 0 radical (unpaired) electrons. The van der Waals surface area contributed by atoms with Crippen LogP contribution >= 0.6 is 0 Å². The Hall–Kier alpha value is -1.35. The Morgan fingerprint density at radius 2 is 2.00 bits per heavy atom. The predicted octanol–water partition coefficient (Wildman–Crippen LogP) is 2.14. The molecule has 1 rings (SSSR count). The minimum atomic E-state index is -0.951. The highest BCUT2D eigenvalue weighted by Gasteiger charge is 2.26. The standard InChI is InChI=1S/C12H16O3/c1-3-9(12(14)15)11(13)10-7-5-4-6-8(10)2/h4-7,9,11,13H,3H2,1-2H3,(H,14,15). The van der Waals surface area contributed by atoms with E-state index in [4.69, 9.17) is 5.11 Å². The second-order valence-corrected chi connectivity index (χ2v) is 3.65. The number of hydrogen-bond acceptors (Lipinski definition) is 2. The van der Waals surface area contributed by atoms with Gasteiger partial charge in [-0.25, -0.2) is 0 Å². The molecule has 0 aromatic heterocycles. The van der Waals surface area contributed by atoms with Gasteiger partial charge in [0.25, 0.3) is 0 Å². The third kappa shape index (κ3) is 2.57. The van der Waals surface area contributed by atoms with Crippen molar-refractivity contribution in [1.29, 1.82) is 0 Å². The Morgan fingerprint density at radius 3 is 2.47 bits per heavy atom. The Kier molecular flexibility index (Phi) is 3.86. The van der Waals surface area contributed by atoms with Gasteiger partial charge in [-0.05, 0) is 24.5 Å². The molecule has 0 fully saturated rings. The smallest absolute Gasteiger partial charge is 0.309 e. The van der Waals surface area contributed by atoms with Crippen LogP contribution in [0.5, 0.6) is 0 Å². The lowest BCUT2D eigenvalue weighted by Gasteiger charge is -2.19. The van der Waals surface area contributed by atoms with Crippen LogP contribution in [-0.4, -0.2) is 16.2 Å². The molecule has 2 unspecified atom stereocenters. The van der Waals surface area contributed by atoms with Gasteiger partial charge in [0, 0.05) is 0 Å². The number of aryl methyl sites for hydroxylation is 1. The van der Waals surface area contributed by atoms with Crippen molar-refractivity contribution >= 4 is 5.97 Å². The molecule has 0 aliphatic heterocycles. The first kappa shape index (κ1) is 11.7. The van der Waals surface area contributed by atoms with E-state index >= 15 is 0 Å². The zero-order valence-electron chi connectivity index (χ0n) is 8.97. The molecule has 0 spiro atoms. The van der Waals surface area contributed by atoms with Crippen molar-refractivity contribution in [2.24, 2.45) is 5.92 Å². The fourth-order valence-corrected chi connectivity index (χ4v) is 1.67. The highest BCUT2D eigenvalue weighted by molar-refractivity contribution is 5.71. The monoisotopic (exact) mass is 208 g/mol. The average Bonchev–Trinajstić information content (AvgIpc) is 2.18. The van der Waals surface area contributed by atoms with Crippen molar-refractivity contribution in [2.45, 2.75) is 26.4 Å². The van der Waals surface area contributed by atoms with Crippen LogP contribution in [0.15, 0.2) is 24.3 Å². The van der Waals surface area contributed by atoms with Gasteiger partial charge < -0.3 is 10.2 Å². The second-order valence-electron chi connectivity index (χ2n) is 3.65. The van der Waals surface area contributed by atoms with Crippen molar-refractivity contribution in [1.82, 2.24) is 0 Å². The van der Waals surface area contributed by atoms with Crippen LogP contribution in [0.25, 0.3) is 0 Å². The maximum absolute atomic E-state index is 10.9. The number of carbonyl (C=O) groups is 1. The van der Waals surface area contributed by atoms with Crippen LogP contribution < -0.4 is 0 Å². The van der Waals surface area contributed by atoms with Crippen LogP contribution in [-0.2, 0) is 4.79 Å². The van der Waals surface area contributed by atoms with Crippen molar-refractivity contribution in [3.05, 3.63) is 35.4 Å². The highest BCUT2D eigenvalue weighted by atomic mass is 16.4. The van der Waals surface area contributed by atoms with Gasteiger partial charge in [-0.3, -0.25) is 4.79 Å². The normalized spacial score (nSPS) is 14.6. The SMILES string of the molecule is CCC(C(=O)O)C(O)c1ccccc1C. The minimum absolute atomic E-state index is 0.421. The van der Waals surface area contributed by atoms with Gasteiger partial charge in [-0.2, -0.15) is 0 Å². The summed E-state index contributed by atoms with van der Waals surface area (Å²) in [6.07, 6.45) is -0.501. The quantitative estimate of drug-likeness (QED) is 0.797. The molecular formula is C12H16O3. The molecule has 0 heterocycles. The van der Waals surface area contributed by atoms with Crippen LogP contribution in [0, 0.1) is 12.8 Å². The van der Waals surface area contributed by atoms with E-state index in [2.05, 4.69) is 0 Å². The zero-order chi connectivity index (χ0) is 11.4. The van der Waals surface area contributed by atoms with Crippen molar-refractivity contribution < 1.29 is 15.0 Å². The number of aliphatic carboxylic acids is 1. The van der Waals surface area contributed by atoms with Gasteiger partial charge in [0.2, 0.25) is 0 Å². The molecule has 0 aliphatic rings. The highest BCUT2D eigenvalue weighted by Crippen LogP contribution is 2.26. The first-order chi connectivity index (χ1) is 7.07. The fourth-order valence-electron chi connectivity index (χ4n) is 1.67. The number of benzene rings is 1. The molecule has 1 aromatic rings. The first-order valence-corrected chi connectivity index (χ1v) is 5.04. The third-order valence-electron chi connectivity index (χ3n) is 2.65. The number of carboxylic acid groups (broad SMARTS) is 1. The maximum Gasteiger partial charge on any atom is 0.309 e. The summed E-state index contributed by atoms with van der Waals surface area (Å²) in [5.74, 6) is -1.68. The summed E-state index contributed by atoms with van der Waals surface area (Å²) in [6.45, 7) is 3.63. The van der Waals surface area contributed by atoms with E-state index in [-0.39, 0.29) is 0 Å². The van der Waals surface area contributed by atoms with Crippen LogP contribution in [0.1, 0.15) is 30.6 Å².